The van der Waals surface area contributed by atoms with Gasteiger partial charge in [-0.15, -0.1) is 0 Å². The van der Waals surface area contributed by atoms with Crippen molar-refractivity contribution in [1.82, 2.24) is 15.1 Å². The van der Waals surface area contributed by atoms with Gasteiger partial charge in [-0.05, 0) is 0 Å². The van der Waals surface area contributed by atoms with Crippen LogP contribution < -0.4 is 5.32 Å². The summed E-state index contributed by atoms with van der Waals surface area (Å²) >= 11 is 0. The highest BCUT2D eigenvalue weighted by Crippen LogP contribution is 2.00. The molecule has 1 fully saturated rings. The first-order valence-electron chi connectivity index (χ1n) is 5.94. The minimum Gasteiger partial charge on any atom is -0.354 e. The molecule has 1 rings (SSSR count). The van der Waals surface area contributed by atoms with Crippen molar-refractivity contribution in [3.05, 3.63) is 0 Å². The smallest absolute Gasteiger partial charge is 0.312 e. The number of hydrogen-bond acceptors (Lipinski definition) is 5. The second kappa shape index (κ2) is 7.70. The van der Waals surface area contributed by atoms with Gasteiger partial charge in [-0.3, -0.25) is 14.4 Å². The Balaban J connectivity index is 2.36. The van der Waals surface area contributed by atoms with Crippen molar-refractivity contribution >= 4 is 18.2 Å². The van der Waals surface area contributed by atoms with Crippen LogP contribution in [0.3, 0.4) is 0 Å². The summed E-state index contributed by atoms with van der Waals surface area (Å²) in [4.78, 5) is 37.0. The van der Waals surface area contributed by atoms with Gasteiger partial charge in [-0.1, -0.05) is 0 Å². The second-order valence-electron chi connectivity index (χ2n) is 4.04. The van der Waals surface area contributed by atoms with Crippen LogP contribution in [0.1, 0.15) is 0 Å². The van der Waals surface area contributed by atoms with Crippen LogP contribution in [0.25, 0.3) is 0 Å². The van der Waals surface area contributed by atoms with Crippen LogP contribution in [0.4, 0.5) is 0 Å². The van der Waals surface area contributed by atoms with Crippen molar-refractivity contribution < 1.29 is 23.9 Å². The van der Waals surface area contributed by atoms with Gasteiger partial charge in [0.15, 0.2) is 6.29 Å². The van der Waals surface area contributed by atoms with Gasteiger partial charge in [0.05, 0.1) is 6.54 Å². The van der Waals surface area contributed by atoms with Crippen molar-refractivity contribution in [3.63, 3.8) is 0 Å². The number of ether oxygens (including phenoxy) is 2. The molecule has 0 bridgehead atoms. The first-order chi connectivity index (χ1) is 9.12. The summed E-state index contributed by atoms with van der Waals surface area (Å²) in [6, 6.07) is 0. The standard InChI is InChI=1S/C11H19N3O5/c1-18-9(19-2)7-12-10(16)11(17)14-5-3-13(8-15)4-6-14/h8-9H,3-7H2,1-2H3,(H,12,16). The fraction of sp³-hybridized carbons (Fsp3) is 0.727. The average Bonchev–Trinajstić information content (AvgIpc) is 2.47. The molecular formula is C11H19N3O5. The molecule has 0 aliphatic carbocycles. The van der Waals surface area contributed by atoms with Gasteiger partial charge in [0.25, 0.3) is 0 Å². The van der Waals surface area contributed by atoms with E-state index in [2.05, 4.69) is 5.32 Å². The zero-order valence-corrected chi connectivity index (χ0v) is 11.1. The van der Waals surface area contributed by atoms with Crippen molar-refractivity contribution in [2.24, 2.45) is 0 Å². The number of nitrogens with zero attached hydrogens (tertiary/aromatic N) is 2. The summed E-state index contributed by atoms with van der Waals surface area (Å²) in [5, 5.41) is 2.44. The van der Waals surface area contributed by atoms with E-state index < -0.39 is 18.1 Å². The molecule has 1 aliphatic rings. The SMILES string of the molecule is COC(CNC(=O)C(=O)N1CCN(C=O)CC1)OC. The minimum atomic E-state index is -0.696. The molecule has 0 radical (unpaired) electrons. The lowest BCUT2D eigenvalue weighted by Gasteiger charge is -2.32. The van der Waals surface area contributed by atoms with Gasteiger partial charge in [0, 0.05) is 40.4 Å². The van der Waals surface area contributed by atoms with Crippen LogP contribution in [0.5, 0.6) is 0 Å². The van der Waals surface area contributed by atoms with Gasteiger partial charge < -0.3 is 24.6 Å². The number of piperazine rings is 1. The molecule has 0 aromatic heterocycles. The molecule has 1 saturated heterocycles. The van der Waals surface area contributed by atoms with Gasteiger partial charge >= 0.3 is 11.8 Å². The third kappa shape index (κ3) is 4.49. The highest BCUT2D eigenvalue weighted by atomic mass is 16.7. The Labute approximate surface area is 111 Å². The van der Waals surface area contributed by atoms with Crippen molar-refractivity contribution in [3.8, 4) is 0 Å². The second-order valence-corrected chi connectivity index (χ2v) is 4.04. The Hall–Kier alpha value is -1.67. The van der Waals surface area contributed by atoms with Gasteiger partial charge in [0.1, 0.15) is 0 Å². The van der Waals surface area contributed by atoms with Gasteiger partial charge in [-0.25, -0.2) is 0 Å². The highest BCUT2D eigenvalue weighted by molar-refractivity contribution is 6.35. The van der Waals surface area contributed by atoms with E-state index in [1.54, 1.807) is 4.90 Å². The Kier molecular flexibility index (Phi) is 6.23. The Morgan fingerprint density at radius 3 is 2.26 bits per heavy atom. The third-order valence-electron chi connectivity index (χ3n) is 2.90. The normalized spacial score (nSPS) is 15.5. The van der Waals surface area contributed by atoms with Crippen LogP contribution in [0.15, 0.2) is 0 Å². The topological polar surface area (TPSA) is 88.2 Å². The quantitative estimate of drug-likeness (QED) is 0.356. The van der Waals surface area contributed by atoms with Crippen LogP contribution in [-0.2, 0) is 23.9 Å². The monoisotopic (exact) mass is 273 g/mol. The van der Waals surface area contributed by atoms with E-state index in [0.29, 0.717) is 26.2 Å². The predicted octanol–water partition coefficient (Wildman–Crippen LogP) is -1.98. The third-order valence-corrected chi connectivity index (χ3v) is 2.90. The first kappa shape index (κ1) is 15.4. The Morgan fingerprint density at radius 2 is 1.79 bits per heavy atom. The van der Waals surface area contributed by atoms with E-state index in [4.69, 9.17) is 9.47 Å². The fourth-order valence-electron chi connectivity index (χ4n) is 1.69. The number of hydrogen-bond donors (Lipinski definition) is 1. The van der Waals surface area contributed by atoms with Crippen LogP contribution in [0, 0.1) is 0 Å². The number of carbonyl (C=O) groups excluding carboxylic acids is 3. The maximum absolute atomic E-state index is 11.8. The molecule has 0 atom stereocenters. The molecule has 19 heavy (non-hydrogen) atoms. The van der Waals surface area contributed by atoms with E-state index in [0.717, 1.165) is 6.41 Å². The summed E-state index contributed by atoms with van der Waals surface area (Å²) in [5.74, 6) is -1.30. The first-order valence-corrected chi connectivity index (χ1v) is 5.94. The summed E-state index contributed by atoms with van der Waals surface area (Å²) < 4.78 is 9.79. The molecule has 0 saturated carbocycles. The van der Waals surface area contributed by atoms with Gasteiger partial charge in [0.2, 0.25) is 6.41 Å². The van der Waals surface area contributed by atoms with Crippen LogP contribution in [0.2, 0.25) is 0 Å². The Morgan fingerprint density at radius 1 is 1.21 bits per heavy atom. The highest BCUT2D eigenvalue weighted by Gasteiger charge is 2.25. The molecule has 3 amide bonds. The molecule has 0 aromatic carbocycles. The summed E-state index contributed by atoms with van der Waals surface area (Å²) in [7, 11) is 2.89. The molecule has 1 N–H and O–H groups in total. The largest absolute Gasteiger partial charge is 0.354 e. The van der Waals surface area contributed by atoms with E-state index >= 15 is 0 Å². The number of amides is 3. The molecule has 0 aromatic rings. The van der Waals surface area contributed by atoms with Crippen LogP contribution in [-0.4, -0.2) is 81.3 Å². The van der Waals surface area contributed by atoms with E-state index in [9.17, 15) is 14.4 Å². The molecule has 8 nitrogen and oxygen atoms in total. The fourth-order valence-corrected chi connectivity index (χ4v) is 1.69. The average molecular weight is 273 g/mol. The van der Waals surface area contributed by atoms with Gasteiger partial charge in [-0.2, -0.15) is 0 Å². The molecule has 1 heterocycles. The Bertz CT molecular complexity index is 324. The molecule has 1 aliphatic heterocycles. The predicted molar refractivity (Wildman–Crippen MR) is 65.0 cm³/mol. The summed E-state index contributed by atoms with van der Waals surface area (Å²) in [6.07, 6.45) is 0.160. The van der Waals surface area contributed by atoms with Crippen molar-refractivity contribution in [2.45, 2.75) is 6.29 Å². The van der Waals surface area contributed by atoms with E-state index in [1.807, 2.05) is 0 Å². The lowest BCUT2D eigenvalue weighted by Crippen LogP contribution is -2.52. The zero-order valence-electron chi connectivity index (χ0n) is 11.1. The molecule has 8 heteroatoms. The maximum atomic E-state index is 11.8. The van der Waals surface area contributed by atoms with E-state index in [-0.39, 0.29) is 6.54 Å². The number of carbonyl (C=O) groups is 3. The van der Waals surface area contributed by atoms with E-state index in [1.165, 1.54) is 19.1 Å². The minimum absolute atomic E-state index is 0.103. The van der Waals surface area contributed by atoms with Crippen LogP contribution >= 0.6 is 0 Å². The molecule has 0 unspecified atom stereocenters. The number of methoxy groups -OCH3 is 2. The summed E-state index contributed by atoms with van der Waals surface area (Å²) in [5.41, 5.74) is 0. The molecule has 0 spiro atoms. The number of rotatable bonds is 5. The maximum Gasteiger partial charge on any atom is 0.312 e. The van der Waals surface area contributed by atoms with Crippen molar-refractivity contribution in [2.75, 3.05) is 46.9 Å². The van der Waals surface area contributed by atoms with Crippen molar-refractivity contribution in [1.29, 1.82) is 0 Å². The molecule has 108 valence electrons. The summed E-state index contributed by atoms with van der Waals surface area (Å²) in [6.45, 7) is 1.72. The number of nitrogens with one attached hydrogen (secondary N) is 1. The lowest BCUT2D eigenvalue weighted by molar-refractivity contribution is -0.149. The molecular weight excluding hydrogens is 254 g/mol. The lowest BCUT2D eigenvalue weighted by atomic mass is 10.3. The zero-order chi connectivity index (χ0) is 14.3.